The van der Waals surface area contributed by atoms with E-state index in [-0.39, 0.29) is 11.8 Å². The molecule has 0 saturated carbocycles. The highest BCUT2D eigenvalue weighted by Crippen LogP contribution is 2.58. The average molecular weight is 403 g/mol. The summed E-state index contributed by atoms with van der Waals surface area (Å²) in [7, 11) is 0. The Hall–Kier alpha value is -3.11. The summed E-state index contributed by atoms with van der Waals surface area (Å²) in [4.78, 5) is 25.6. The first-order valence-corrected chi connectivity index (χ1v) is 9.89. The van der Waals surface area contributed by atoms with E-state index in [1.54, 1.807) is 24.3 Å². The van der Waals surface area contributed by atoms with Gasteiger partial charge in [-0.2, -0.15) is 0 Å². The second-order valence-electron chi connectivity index (χ2n) is 7.58. The summed E-state index contributed by atoms with van der Waals surface area (Å²) < 4.78 is 0. The van der Waals surface area contributed by atoms with Crippen molar-refractivity contribution in [3.05, 3.63) is 100 Å². The highest BCUT2D eigenvalue weighted by atomic mass is 35.5. The first kappa shape index (κ1) is 18.0. The van der Waals surface area contributed by atoms with Crippen molar-refractivity contribution in [2.24, 2.45) is 11.8 Å². The number of fused-ring (bicyclic) bond motifs is 1. The monoisotopic (exact) mass is 402 g/mol. The zero-order chi connectivity index (χ0) is 20.1. The van der Waals surface area contributed by atoms with Gasteiger partial charge in [0.2, 0.25) is 5.91 Å². The van der Waals surface area contributed by atoms with Crippen LogP contribution in [0, 0.1) is 11.8 Å². The molecule has 0 fully saturated rings. The molecule has 0 aromatic heterocycles. The minimum Gasteiger partial charge on any atom is -0.550 e. The fourth-order valence-corrected chi connectivity index (χ4v) is 5.16. The Balaban J connectivity index is 1.64. The van der Waals surface area contributed by atoms with Crippen molar-refractivity contribution in [2.75, 3.05) is 5.32 Å². The van der Waals surface area contributed by atoms with Gasteiger partial charge in [0.1, 0.15) is 0 Å². The van der Waals surface area contributed by atoms with Crippen molar-refractivity contribution in [3.8, 4) is 0 Å². The van der Waals surface area contributed by atoms with Gasteiger partial charge in [-0.05, 0) is 46.5 Å². The molecule has 6 rings (SSSR count). The van der Waals surface area contributed by atoms with Crippen LogP contribution in [0.2, 0.25) is 5.02 Å². The number of carbonyl (C=O) groups is 2. The van der Waals surface area contributed by atoms with Crippen LogP contribution in [0.3, 0.4) is 0 Å². The zero-order valence-electron chi connectivity index (χ0n) is 15.3. The second-order valence-corrected chi connectivity index (χ2v) is 8.02. The maximum atomic E-state index is 13.3. The maximum Gasteiger partial charge on any atom is 0.229 e. The van der Waals surface area contributed by atoms with E-state index in [0.29, 0.717) is 10.7 Å². The van der Waals surface area contributed by atoms with Crippen molar-refractivity contribution in [1.82, 2.24) is 0 Å². The number of rotatable bonds is 3. The standard InChI is InChI=1S/C24H18ClNO3/c25-13-9-11-14(12-10-13)26-23(27)21-19-15-5-1-3-7-17(15)20(22(21)24(28)29)18-8-4-2-6-16(18)19/h1-12,19-22H,(H,26,27)(H,28,29)/p-1/t19?,20?,21-,22-/m0/s1. The molecule has 3 aromatic rings. The number of aliphatic carboxylic acids is 1. The SMILES string of the molecule is O=C([O-])[C@H]1C2c3ccccc3C(c3ccccc32)[C@@H]1C(=O)Nc1ccc(Cl)cc1. The number of amides is 1. The van der Waals surface area contributed by atoms with E-state index in [9.17, 15) is 14.7 Å². The Morgan fingerprint density at radius 3 is 1.62 bits per heavy atom. The molecular formula is C24H17ClNO3-. The minimum atomic E-state index is -1.19. The van der Waals surface area contributed by atoms with Crippen molar-refractivity contribution in [1.29, 1.82) is 0 Å². The number of hydrogen-bond acceptors (Lipinski definition) is 3. The van der Waals surface area contributed by atoms with Crippen LogP contribution >= 0.6 is 11.6 Å². The first-order valence-electron chi connectivity index (χ1n) is 9.51. The Morgan fingerprint density at radius 1 is 0.724 bits per heavy atom. The molecule has 3 aromatic carbocycles. The van der Waals surface area contributed by atoms with Gasteiger partial charge in [-0.25, -0.2) is 0 Å². The lowest BCUT2D eigenvalue weighted by Crippen LogP contribution is -2.52. The van der Waals surface area contributed by atoms with E-state index in [4.69, 9.17) is 11.6 Å². The topological polar surface area (TPSA) is 69.2 Å². The molecule has 3 aliphatic rings. The molecule has 144 valence electrons. The van der Waals surface area contributed by atoms with Crippen LogP contribution < -0.4 is 10.4 Å². The summed E-state index contributed by atoms with van der Waals surface area (Å²) in [6.45, 7) is 0. The van der Waals surface area contributed by atoms with E-state index in [1.807, 2.05) is 48.5 Å². The third kappa shape index (κ3) is 2.75. The molecule has 0 radical (unpaired) electrons. The van der Waals surface area contributed by atoms with E-state index in [2.05, 4.69) is 5.32 Å². The van der Waals surface area contributed by atoms with Crippen LogP contribution in [0.5, 0.6) is 0 Å². The molecule has 4 nitrogen and oxygen atoms in total. The van der Waals surface area contributed by atoms with Crippen LogP contribution in [0.25, 0.3) is 0 Å². The third-order valence-corrected chi connectivity index (χ3v) is 6.38. The van der Waals surface area contributed by atoms with Gasteiger partial charge >= 0.3 is 0 Å². The molecule has 2 atom stereocenters. The number of benzene rings is 3. The molecule has 1 amide bonds. The molecule has 0 spiro atoms. The zero-order valence-corrected chi connectivity index (χ0v) is 16.1. The minimum absolute atomic E-state index is 0.319. The van der Waals surface area contributed by atoms with Gasteiger partial charge < -0.3 is 15.2 Å². The van der Waals surface area contributed by atoms with Crippen LogP contribution in [0.1, 0.15) is 34.1 Å². The van der Waals surface area contributed by atoms with Crippen molar-refractivity contribution in [2.45, 2.75) is 11.8 Å². The fourth-order valence-electron chi connectivity index (χ4n) is 5.03. The number of hydrogen-bond donors (Lipinski definition) is 1. The molecule has 3 aliphatic carbocycles. The molecule has 1 N–H and O–H groups in total. The summed E-state index contributed by atoms with van der Waals surface area (Å²) in [5.74, 6) is -3.94. The molecular weight excluding hydrogens is 386 g/mol. The van der Waals surface area contributed by atoms with Crippen LogP contribution in [-0.4, -0.2) is 11.9 Å². The number of carboxylic acids is 1. The van der Waals surface area contributed by atoms with E-state index < -0.39 is 23.7 Å². The lowest BCUT2D eigenvalue weighted by atomic mass is 9.54. The van der Waals surface area contributed by atoms with Gasteiger partial charge in [0.15, 0.2) is 0 Å². The fraction of sp³-hybridized carbons (Fsp3) is 0.167. The largest absolute Gasteiger partial charge is 0.550 e. The Bertz CT molecular complexity index is 1080. The predicted molar refractivity (Wildman–Crippen MR) is 109 cm³/mol. The van der Waals surface area contributed by atoms with Crippen LogP contribution in [-0.2, 0) is 9.59 Å². The van der Waals surface area contributed by atoms with E-state index in [0.717, 1.165) is 22.3 Å². The van der Waals surface area contributed by atoms with Gasteiger partial charge in [-0.3, -0.25) is 4.79 Å². The third-order valence-electron chi connectivity index (χ3n) is 6.12. The van der Waals surface area contributed by atoms with Gasteiger partial charge in [0, 0.05) is 34.4 Å². The summed E-state index contributed by atoms with van der Waals surface area (Å²) in [6.07, 6.45) is 0. The second kappa shape index (κ2) is 6.75. The average Bonchev–Trinajstić information content (AvgIpc) is 2.74. The summed E-state index contributed by atoms with van der Waals surface area (Å²) in [5.41, 5.74) is 4.57. The molecule has 0 unspecified atom stereocenters. The highest BCUT2D eigenvalue weighted by molar-refractivity contribution is 6.30. The van der Waals surface area contributed by atoms with Gasteiger partial charge in [0.25, 0.3) is 0 Å². The molecule has 0 heterocycles. The highest BCUT2D eigenvalue weighted by Gasteiger charge is 2.52. The molecule has 0 aliphatic heterocycles. The van der Waals surface area contributed by atoms with Crippen LogP contribution in [0.4, 0.5) is 5.69 Å². The van der Waals surface area contributed by atoms with E-state index >= 15 is 0 Å². The quantitative estimate of drug-likeness (QED) is 0.728. The smallest absolute Gasteiger partial charge is 0.229 e. The summed E-state index contributed by atoms with van der Waals surface area (Å²) in [5, 5.41) is 15.7. The molecule has 0 saturated heterocycles. The normalized spacial score (nSPS) is 23.8. The first-order chi connectivity index (χ1) is 14.1. The number of anilines is 1. The lowest BCUT2D eigenvalue weighted by molar-refractivity contribution is -0.314. The van der Waals surface area contributed by atoms with Crippen LogP contribution in [0.15, 0.2) is 72.8 Å². The maximum absolute atomic E-state index is 13.3. The number of carbonyl (C=O) groups excluding carboxylic acids is 2. The van der Waals surface area contributed by atoms with Crippen molar-refractivity contribution >= 4 is 29.2 Å². The Labute approximate surface area is 173 Å². The van der Waals surface area contributed by atoms with Gasteiger partial charge in [0.05, 0.1) is 5.92 Å². The van der Waals surface area contributed by atoms with Gasteiger partial charge in [-0.1, -0.05) is 60.1 Å². The summed E-state index contributed by atoms with van der Waals surface area (Å²) >= 11 is 5.93. The lowest BCUT2D eigenvalue weighted by Gasteiger charge is -2.50. The molecule has 29 heavy (non-hydrogen) atoms. The van der Waals surface area contributed by atoms with E-state index in [1.165, 1.54) is 0 Å². The van der Waals surface area contributed by atoms with Crippen molar-refractivity contribution in [3.63, 3.8) is 0 Å². The number of nitrogens with one attached hydrogen (secondary N) is 1. The summed E-state index contributed by atoms with van der Waals surface area (Å²) in [6, 6.07) is 22.4. The van der Waals surface area contributed by atoms with Gasteiger partial charge in [-0.15, -0.1) is 0 Å². The predicted octanol–water partition coefficient (Wildman–Crippen LogP) is 3.55. The number of halogens is 1. The molecule has 5 heteroatoms. The Kier molecular flexibility index (Phi) is 4.18. The number of carboxylic acid groups (broad SMARTS) is 1. The molecule has 2 bridgehead atoms. The Morgan fingerprint density at radius 2 is 1.17 bits per heavy atom. The van der Waals surface area contributed by atoms with Crippen molar-refractivity contribution < 1.29 is 14.7 Å².